The molecule has 2 amide bonds. The van der Waals surface area contributed by atoms with Gasteiger partial charge in [0.2, 0.25) is 0 Å². The normalized spacial score (nSPS) is 23.5. The highest BCUT2D eigenvalue weighted by molar-refractivity contribution is 7.99. The number of hydrogen-bond acceptors (Lipinski definition) is 3. The highest BCUT2D eigenvalue weighted by Crippen LogP contribution is 2.30. The lowest BCUT2D eigenvalue weighted by molar-refractivity contribution is -0.140. The van der Waals surface area contributed by atoms with Gasteiger partial charge in [-0.25, -0.2) is 9.59 Å². The maximum atomic E-state index is 12.3. The van der Waals surface area contributed by atoms with Gasteiger partial charge >= 0.3 is 12.0 Å². The topological polar surface area (TPSA) is 60.9 Å². The number of carboxylic acids is 1. The number of carbonyl (C=O) groups excluding carboxylic acids is 1. The zero-order valence-corrected chi connectivity index (χ0v) is 10.4. The summed E-state index contributed by atoms with van der Waals surface area (Å²) in [4.78, 5) is 26.5. The Morgan fingerprint density at radius 3 is 2.76 bits per heavy atom. The molecule has 1 unspecified atom stereocenters. The molecular weight excluding hydrogens is 240 g/mol. The van der Waals surface area contributed by atoms with Gasteiger partial charge in [-0.3, -0.25) is 0 Å². The Morgan fingerprint density at radius 2 is 2.24 bits per heavy atom. The lowest BCUT2D eigenvalue weighted by atomic mass is 10.3. The molecule has 1 saturated heterocycles. The van der Waals surface area contributed by atoms with E-state index in [1.165, 1.54) is 16.7 Å². The quantitative estimate of drug-likeness (QED) is 0.768. The van der Waals surface area contributed by atoms with Crippen LogP contribution in [0.3, 0.4) is 0 Å². The maximum absolute atomic E-state index is 12.3. The zero-order valence-electron chi connectivity index (χ0n) is 9.54. The van der Waals surface area contributed by atoms with Crippen LogP contribution >= 0.6 is 11.8 Å². The SMILES string of the molecule is C=CCN(C(=O)N1CSCC1C(=O)O)C1CC1. The summed E-state index contributed by atoms with van der Waals surface area (Å²) in [5, 5.41) is 9.05. The molecule has 0 bridgehead atoms. The number of thioether (sulfide) groups is 1. The first kappa shape index (κ1) is 12.3. The summed E-state index contributed by atoms with van der Waals surface area (Å²) in [6, 6.07) is -0.566. The molecule has 94 valence electrons. The van der Waals surface area contributed by atoms with E-state index < -0.39 is 12.0 Å². The van der Waals surface area contributed by atoms with Crippen LogP contribution in [0, 0.1) is 0 Å². The van der Waals surface area contributed by atoms with Crippen molar-refractivity contribution in [1.82, 2.24) is 9.80 Å². The average molecular weight is 256 g/mol. The predicted molar refractivity (Wildman–Crippen MR) is 65.9 cm³/mol. The number of urea groups is 1. The van der Waals surface area contributed by atoms with Gasteiger partial charge in [-0.05, 0) is 12.8 Å². The molecule has 2 rings (SSSR count). The Labute approximate surface area is 104 Å². The molecule has 5 nitrogen and oxygen atoms in total. The minimum Gasteiger partial charge on any atom is -0.480 e. The highest BCUT2D eigenvalue weighted by atomic mass is 32.2. The molecule has 6 heteroatoms. The van der Waals surface area contributed by atoms with Crippen molar-refractivity contribution in [3.8, 4) is 0 Å². The van der Waals surface area contributed by atoms with Gasteiger partial charge in [0.05, 0.1) is 5.88 Å². The van der Waals surface area contributed by atoms with Crippen LogP contribution in [-0.2, 0) is 4.79 Å². The van der Waals surface area contributed by atoms with Crippen LogP contribution in [0.1, 0.15) is 12.8 Å². The first-order chi connectivity index (χ1) is 8.15. The van der Waals surface area contributed by atoms with Crippen LogP contribution in [0.5, 0.6) is 0 Å². The van der Waals surface area contributed by atoms with Gasteiger partial charge < -0.3 is 14.9 Å². The van der Waals surface area contributed by atoms with Gasteiger partial charge in [0, 0.05) is 18.3 Å². The van der Waals surface area contributed by atoms with Crippen LogP contribution in [0.4, 0.5) is 4.79 Å². The fourth-order valence-electron chi connectivity index (χ4n) is 1.91. The van der Waals surface area contributed by atoms with E-state index in [9.17, 15) is 9.59 Å². The molecule has 1 saturated carbocycles. The second kappa shape index (κ2) is 5.00. The minimum absolute atomic E-state index is 0.162. The number of amides is 2. The van der Waals surface area contributed by atoms with Gasteiger partial charge in [0.15, 0.2) is 0 Å². The van der Waals surface area contributed by atoms with Crippen LogP contribution < -0.4 is 0 Å². The van der Waals surface area contributed by atoms with E-state index >= 15 is 0 Å². The molecule has 1 aliphatic carbocycles. The second-order valence-corrected chi connectivity index (χ2v) is 5.28. The molecule has 1 aliphatic heterocycles. The molecule has 0 aromatic heterocycles. The van der Waals surface area contributed by atoms with Gasteiger partial charge in [0.1, 0.15) is 6.04 Å². The third-order valence-electron chi connectivity index (χ3n) is 2.97. The van der Waals surface area contributed by atoms with E-state index in [-0.39, 0.29) is 12.1 Å². The largest absolute Gasteiger partial charge is 0.480 e. The molecule has 0 aromatic rings. The molecule has 2 aliphatic rings. The Morgan fingerprint density at radius 1 is 1.53 bits per heavy atom. The standard InChI is InChI=1S/C11H16N2O3S/c1-2-5-12(8-3-4-8)11(16)13-7-17-6-9(13)10(14)15/h2,8-9H,1,3-7H2,(H,14,15). The van der Waals surface area contributed by atoms with E-state index in [2.05, 4.69) is 6.58 Å². The van der Waals surface area contributed by atoms with Crippen LogP contribution in [-0.4, -0.2) is 57.2 Å². The summed E-state index contributed by atoms with van der Waals surface area (Å²) in [5.41, 5.74) is 0. The predicted octanol–water partition coefficient (Wildman–Crippen LogP) is 1.22. The molecule has 0 radical (unpaired) electrons. The molecule has 17 heavy (non-hydrogen) atoms. The fourth-order valence-corrected chi connectivity index (χ4v) is 3.05. The molecule has 0 spiro atoms. The number of rotatable bonds is 4. The molecule has 1 atom stereocenters. The van der Waals surface area contributed by atoms with Crippen molar-refractivity contribution >= 4 is 23.8 Å². The van der Waals surface area contributed by atoms with Crippen LogP contribution in [0.25, 0.3) is 0 Å². The Kier molecular flexibility index (Phi) is 3.61. The number of nitrogens with zero attached hydrogens (tertiary/aromatic N) is 2. The Balaban J connectivity index is 2.06. The third-order valence-corrected chi connectivity index (χ3v) is 3.98. The van der Waals surface area contributed by atoms with Crippen molar-refractivity contribution in [2.45, 2.75) is 24.9 Å². The summed E-state index contributed by atoms with van der Waals surface area (Å²) in [6.07, 6.45) is 3.71. The van der Waals surface area contributed by atoms with E-state index in [0.29, 0.717) is 18.2 Å². The lowest BCUT2D eigenvalue weighted by Gasteiger charge is -2.29. The summed E-state index contributed by atoms with van der Waals surface area (Å²) >= 11 is 1.49. The van der Waals surface area contributed by atoms with E-state index in [1.807, 2.05) is 0 Å². The van der Waals surface area contributed by atoms with Crippen molar-refractivity contribution in [2.24, 2.45) is 0 Å². The molecule has 1 N–H and O–H groups in total. The van der Waals surface area contributed by atoms with Gasteiger partial charge in [0.25, 0.3) is 0 Å². The number of carbonyl (C=O) groups is 2. The Hall–Kier alpha value is -1.17. The van der Waals surface area contributed by atoms with E-state index in [1.54, 1.807) is 11.0 Å². The van der Waals surface area contributed by atoms with Crippen molar-refractivity contribution in [1.29, 1.82) is 0 Å². The van der Waals surface area contributed by atoms with E-state index in [4.69, 9.17) is 5.11 Å². The smallest absolute Gasteiger partial charge is 0.327 e. The summed E-state index contributed by atoms with van der Waals surface area (Å²) in [6.45, 7) is 4.14. The zero-order chi connectivity index (χ0) is 12.4. The molecule has 0 aromatic carbocycles. The van der Waals surface area contributed by atoms with Crippen LogP contribution in [0.2, 0.25) is 0 Å². The van der Waals surface area contributed by atoms with E-state index in [0.717, 1.165) is 12.8 Å². The van der Waals surface area contributed by atoms with Crippen molar-refractivity contribution < 1.29 is 14.7 Å². The number of hydrogen-bond donors (Lipinski definition) is 1. The van der Waals surface area contributed by atoms with Gasteiger partial charge in [-0.15, -0.1) is 18.3 Å². The lowest BCUT2D eigenvalue weighted by Crippen LogP contribution is -2.49. The van der Waals surface area contributed by atoms with Gasteiger partial charge in [-0.2, -0.15) is 0 Å². The summed E-state index contributed by atoms with van der Waals surface area (Å²) < 4.78 is 0. The first-order valence-electron chi connectivity index (χ1n) is 5.64. The second-order valence-electron chi connectivity index (χ2n) is 4.28. The minimum atomic E-state index is -0.919. The summed E-state index contributed by atoms with van der Waals surface area (Å²) in [5.74, 6) is 0.0294. The molecule has 2 fully saturated rings. The number of carboxylic acid groups (broad SMARTS) is 1. The Bertz CT molecular complexity index is 344. The van der Waals surface area contributed by atoms with Crippen molar-refractivity contribution in [3.05, 3.63) is 12.7 Å². The van der Waals surface area contributed by atoms with Crippen LogP contribution in [0.15, 0.2) is 12.7 Å². The monoisotopic (exact) mass is 256 g/mol. The average Bonchev–Trinajstić information content (AvgIpc) is 3.00. The first-order valence-corrected chi connectivity index (χ1v) is 6.79. The summed E-state index contributed by atoms with van der Waals surface area (Å²) in [7, 11) is 0. The highest BCUT2D eigenvalue weighted by Gasteiger charge is 2.40. The maximum Gasteiger partial charge on any atom is 0.327 e. The number of aliphatic carboxylic acids is 1. The fraction of sp³-hybridized carbons (Fsp3) is 0.636. The molecule has 1 heterocycles. The van der Waals surface area contributed by atoms with Crippen molar-refractivity contribution in [2.75, 3.05) is 18.2 Å². The van der Waals surface area contributed by atoms with Gasteiger partial charge in [-0.1, -0.05) is 6.08 Å². The molecular formula is C11H16N2O3S. The third kappa shape index (κ3) is 2.57. The van der Waals surface area contributed by atoms with Crippen molar-refractivity contribution in [3.63, 3.8) is 0 Å².